The summed E-state index contributed by atoms with van der Waals surface area (Å²) in [5.41, 5.74) is -0.394. The van der Waals surface area contributed by atoms with E-state index in [2.05, 4.69) is 180 Å². The third-order valence-electron chi connectivity index (χ3n) is 7.97. The van der Waals surface area contributed by atoms with Gasteiger partial charge in [0.05, 0.1) is 26.8 Å². The van der Waals surface area contributed by atoms with Crippen LogP contribution in [0.2, 0.25) is 0 Å². The molecule has 2 nitrogen and oxygen atoms in total. The van der Waals surface area contributed by atoms with Gasteiger partial charge >= 0.3 is 0 Å². The van der Waals surface area contributed by atoms with Crippen molar-refractivity contribution in [2.24, 2.45) is 23.2 Å². The quantitative estimate of drug-likeness (QED) is 0.244. The molecule has 4 bridgehead atoms. The lowest BCUT2D eigenvalue weighted by Crippen LogP contribution is -2.54. The average Bonchev–Trinajstić information content (AvgIpc) is 2.81. The van der Waals surface area contributed by atoms with E-state index in [4.69, 9.17) is 0 Å². The first-order valence-electron chi connectivity index (χ1n) is 12.7. The predicted molar refractivity (Wildman–Crippen MR) is 196 cm³/mol. The molecule has 3 aromatic rings. The molecule has 0 aromatic heterocycles. The Morgan fingerprint density at radius 1 is 0.561 bits per heavy atom. The molecule has 12 heteroatoms. The van der Waals surface area contributed by atoms with Gasteiger partial charge in [-0.3, -0.25) is 0 Å². The maximum absolute atomic E-state index is 11.1. The third-order valence-corrected chi connectivity index (χ3v) is 17.2. The highest BCUT2D eigenvalue weighted by molar-refractivity contribution is 9.12. The maximum Gasteiger partial charge on any atom is 0.195 e. The molecule has 218 valence electrons. The number of carbonyl (C=O) groups is 1. The number of rotatable bonds is 4. The summed E-state index contributed by atoms with van der Waals surface area (Å²) in [5.74, 6) is 1.38. The fraction of sp³-hybridized carbons (Fsp3) is 0.345. The van der Waals surface area contributed by atoms with Crippen molar-refractivity contribution >= 4 is 160 Å². The Balaban J connectivity index is 0.000000213. The molecule has 7 rings (SSSR count). The summed E-state index contributed by atoms with van der Waals surface area (Å²) in [6.07, 6.45) is 6.65. The molecule has 0 N–H and O–H groups in total. The SMILES string of the molecule is Brc1cc(Br)c([S+](c2c(Br)cc(Br)cc2Br)c2c(Br)cc(Br)cc2Br)c(Br)c1.O=C([O-])C12CC3CC(CC(C3)C1)C2. The van der Waals surface area contributed by atoms with Crippen LogP contribution < -0.4 is 5.11 Å². The van der Waals surface area contributed by atoms with Gasteiger partial charge in [0.25, 0.3) is 0 Å². The van der Waals surface area contributed by atoms with Crippen molar-refractivity contribution in [2.75, 3.05) is 0 Å². The Hall–Kier alpha value is 1.80. The van der Waals surface area contributed by atoms with Crippen molar-refractivity contribution in [3.8, 4) is 0 Å². The first-order valence-corrected chi connectivity index (χ1v) is 21.0. The number of hydrogen-bond acceptors (Lipinski definition) is 2. The lowest BCUT2D eigenvalue weighted by atomic mass is 9.49. The number of aliphatic carboxylic acids is 1. The number of carboxylic acids is 1. The number of benzene rings is 3. The van der Waals surface area contributed by atoms with Gasteiger partial charge < -0.3 is 9.90 Å². The van der Waals surface area contributed by atoms with Gasteiger partial charge in [0.1, 0.15) is 10.9 Å². The van der Waals surface area contributed by atoms with Gasteiger partial charge in [0, 0.05) is 24.8 Å². The lowest BCUT2D eigenvalue weighted by molar-refractivity contribution is -0.327. The molecule has 0 unspecified atom stereocenters. The minimum Gasteiger partial charge on any atom is -0.550 e. The zero-order valence-corrected chi connectivity index (χ0v) is 36.2. The lowest BCUT2D eigenvalue weighted by Gasteiger charge is -2.57. The van der Waals surface area contributed by atoms with E-state index in [1.807, 2.05) is 0 Å². The topological polar surface area (TPSA) is 40.1 Å². The van der Waals surface area contributed by atoms with Gasteiger partial charge in [0.15, 0.2) is 14.7 Å². The largest absolute Gasteiger partial charge is 0.550 e. The highest BCUT2D eigenvalue weighted by Gasteiger charge is 2.51. The molecule has 0 amide bonds. The average molecular weight is 1150 g/mol. The maximum atomic E-state index is 11.1. The van der Waals surface area contributed by atoms with Crippen LogP contribution in [0.25, 0.3) is 0 Å². The van der Waals surface area contributed by atoms with Crippen molar-refractivity contribution in [3.05, 3.63) is 76.7 Å². The van der Waals surface area contributed by atoms with Crippen LogP contribution in [0, 0.1) is 23.2 Å². The van der Waals surface area contributed by atoms with E-state index in [1.54, 1.807) is 0 Å². The van der Waals surface area contributed by atoms with Crippen LogP contribution in [0.15, 0.2) is 91.3 Å². The smallest absolute Gasteiger partial charge is 0.195 e. The molecular formula is C29H21Br9O2S. The molecule has 0 radical (unpaired) electrons. The fourth-order valence-electron chi connectivity index (χ4n) is 6.84. The Labute approximate surface area is 318 Å². The summed E-state index contributed by atoms with van der Waals surface area (Å²) >= 11 is 33.5. The van der Waals surface area contributed by atoms with E-state index < -0.39 is 22.3 Å². The summed E-state index contributed by atoms with van der Waals surface area (Å²) in [7, 11) is -0.453. The molecular weight excluding hydrogens is 1130 g/mol. The molecule has 4 aliphatic rings. The zero-order chi connectivity index (χ0) is 29.8. The summed E-state index contributed by atoms with van der Waals surface area (Å²) in [4.78, 5) is 14.6. The monoisotopic (exact) mass is 1140 g/mol. The summed E-state index contributed by atoms with van der Waals surface area (Å²) < 4.78 is 9.09. The summed E-state index contributed by atoms with van der Waals surface area (Å²) in [6, 6.07) is 12.4. The summed E-state index contributed by atoms with van der Waals surface area (Å²) in [5, 5.41) is 11.1. The molecule has 41 heavy (non-hydrogen) atoms. The van der Waals surface area contributed by atoms with Gasteiger partial charge in [0.2, 0.25) is 0 Å². The van der Waals surface area contributed by atoms with E-state index in [9.17, 15) is 9.90 Å². The minimum absolute atomic E-state index is 0.394. The minimum atomic E-state index is -0.758. The van der Waals surface area contributed by atoms with Crippen molar-refractivity contribution in [1.29, 1.82) is 0 Å². The highest BCUT2D eigenvalue weighted by atomic mass is 79.9. The molecule has 0 heterocycles. The number of hydrogen-bond donors (Lipinski definition) is 0. The Bertz CT molecular complexity index is 1290. The van der Waals surface area contributed by atoms with Crippen LogP contribution in [0.4, 0.5) is 0 Å². The third kappa shape index (κ3) is 7.37. The molecule has 0 spiro atoms. The number of halogens is 9. The van der Waals surface area contributed by atoms with Gasteiger partial charge in [-0.25, -0.2) is 0 Å². The number of carboxylic acid groups (broad SMARTS) is 1. The second-order valence-corrected chi connectivity index (χ2v) is 20.6. The van der Waals surface area contributed by atoms with Crippen LogP contribution in [0.5, 0.6) is 0 Å². The van der Waals surface area contributed by atoms with Gasteiger partial charge in [-0.15, -0.1) is 0 Å². The van der Waals surface area contributed by atoms with Crippen molar-refractivity contribution in [3.63, 3.8) is 0 Å². The first-order chi connectivity index (χ1) is 19.3. The molecule has 4 aliphatic carbocycles. The molecule has 4 saturated carbocycles. The van der Waals surface area contributed by atoms with Crippen molar-refractivity contribution < 1.29 is 9.90 Å². The Morgan fingerprint density at radius 3 is 1.02 bits per heavy atom. The van der Waals surface area contributed by atoms with Crippen LogP contribution >= 0.6 is 143 Å². The van der Waals surface area contributed by atoms with Gasteiger partial charge in [-0.2, -0.15) is 0 Å². The van der Waals surface area contributed by atoms with E-state index in [0.29, 0.717) is 17.8 Å². The Morgan fingerprint density at radius 2 is 0.805 bits per heavy atom. The van der Waals surface area contributed by atoms with Crippen LogP contribution in [-0.2, 0) is 15.7 Å². The van der Waals surface area contributed by atoms with Crippen molar-refractivity contribution in [1.82, 2.24) is 0 Å². The van der Waals surface area contributed by atoms with Crippen LogP contribution in [-0.4, -0.2) is 5.97 Å². The van der Waals surface area contributed by atoms with Crippen LogP contribution in [0.1, 0.15) is 38.5 Å². The standard InChI is InChI=1S/C18H6Br9S.C11H16O2/c19-7-1-10(22)16(11(23)2-7)28(17-12(24)3-8(20)4-13(17)25)18-14(26)5-9(21)6-15(18)27;12-10(13)11-4-7-1-8(5-11)3-9(2-7)6-11/h1-6H;7-9H,1-6H2,(H,12,13)/q+1;/p-1. The Kier molecular flexibility index (Phi) is 11.6. The molecule has 3 aromatic carbocycles. The van der Waals surface area contributed by atoms with Crippen LogP contribution in [0.3, 0.4) is 0 Å². The van der Waals surface area contributed by atoms with E-state index in [1.165, 1.54) is 19.3 Å². The van der Waals surface area contributed by atoms with E-state index in [-0.39, 0.29) is 0 Å². The second kappa shape index (κ2) is 13.9. The zero-order valence-electron chi connectivity index (χ0n) is 21.1. The normalized spacial score (nSPS) is 24.4. The highest BCUT2D eigenvalue weighted by Crippen LogP contribution is 2.59. The van der Waals surface area contributed by atoms with Crippen molar-refractivity contribution in [2.45, 2.75) is 53.2 Å². The molecule has 4 fully saturated rings. The van der Waals surface area contributed by atoms with Gasteiger partial charge in [-0.1, -0.05) is 47.8 Å². The predicted octanol–water partition coefficient (Wildman–Crippen LogP) is 12.6. The molecule has 0 aliphatic heterocycles. The van der Waals surface area contributed by atoms with Gasteiger partial charge in [-0.05, 0) is 188 Å². The molecule has 0 atom stereocenters. The van der Waals surface area contributed by atoms with E-state index >= 15 is 0 Å². The second-order valence-electron chi connectivity index (χ2n) is 10.9. The first kappa shape index (κ1) is 34.1. The summed E-state index contributed by atoms with van der Waals surface area (Å²) in [6.45, 7) is 0. The fourth-order valence-corrected chi connectivity index (χ4v) is 18.7. The molecule has 0 saturated heterocycles. The van der Waals surface area contributed by atoms with E-state index in [0.717, 1.165) is 74.2 Å². The number of carbonyl (C=O) groups excluding carboxylic acids is 1.